The number of hydrogen-bond acceptors (Lipinski definition) is 6. The van der Waals surface area contributed by atoms with Crippen molar-refractivity contribution in [1.29, 1.82) is 5.26 Å². The summed E-state index contributed by atoms with van der Waals surface area (Å²) in [4.78, 5) is 29.7. The number of amides is 3. The van der Waals surface area contributed by atoms with Crippen molar-refractivity contribution in [2.45, 2.75) is 63.2 Å². The van der Waals surface area contributed by atoms with Crippen LogP contribution in [0, 0.1) is 30.1 Å². The van der Waals surface area contributed by atoms with E-state index in [2.05, 4.69) is 15.6 Å². The number of aryl methyl sites for hydroxylation is 1. The summed E-state index contributed by atoms with van der Waals surface area (Å²) >= 11 is 0. The molecule has 0 aromatic heterocycles. The molecule has 3 rings (SSSR count). The number of halogens is 1. The molecule has 0 bridgehead atoms. The normalized spacial score (nSPS) is 27.6. The first kappa shape index (κ1) is 24.6. The van der Waals surface area contributed by atoms with Crippen LogP contribution < -0.4 is 10.6 Å². The predicted octanol–water partition coefficient (Wildman–Crippen LogP) is 2.77. The molecule has 11 heteroatoms. The summed E-state index contributed by atoms with van der Waals surface area (Å²) in [5.41, 5.74) is -0.709. The molecule has 0 saturated carbocycles. The van der Waals surface area contributed by atoms with Gasteiger partial charge in [0.25, 0.3) is 10.0 Å². The van der Waals surface area contributed by atoms with Crippen LogP contribution in [0.3, 0.4) is 0 Å². The number of nitrogens with zero attached hydrogens (tertiary/aromatic N) is 3. The Bertz CT molecular complexity index is 1130. The van der Waals surface area contributed by atoms with Crippen molar-refractivity contribution in [3.05, 3.63) is 23.8 Å². The zero-order valence-corrected chi connectivity index (χ0v) is 19.8. The number of carbonyl (C=O) groups excluding carboxylic acids is 2. The van der Waals surface area contributed by atoms with E-state index in [0.717, 1.165) is 0 Å². The molecular formula is C22H28FN5O4S. The third kappa shape index (κ3) is 4.19. The van der Waals surface area contributed by atoms with Crippen LogP contribution in [0.1, 0.15) is 39.2 Å². The summed E-state index contributed by atoms with van der Waals surface area (Å²) in [6.45, 7) is 6.14. The largest absolute Gasteiger partial charge is 0.350 e. The fourth-order valence-electron chi connectivity index (χ4n) is 4.61. The van der Waals surface area contributed by atoms with Crippen molar-refractivity contribution in [3.63, 3.8) is 0 Å². The molecule has 0 aliphatic carbocycles. The Balaban J connectivity index is 1.84. The van der Waals surface area contributed by atoms with Crippen molar-refractivity contribution in [3.8, 4) is 6.07 Å². The second-order valence-corrected chi connectivity index (χ2v) is 10.4. The highest BCUT2D eigenvalue weighted by atomic mass is 32.2. The number of hydrogen-bond donors (Lipinski definition) is 2. The van der Waals surface area contributed by atoms with Gasteiger partial charge in [-0.3, -0.25) is 9.79 Å². The number of fused-ring (bicyclic) bond motifs is 1. The fourth-order valence-corrected chi connectivity index (χ4v) is 6.25. The van der Waals surface area contributed by atoms with Crippen LogP contribution in [-0.4, -0.2) is 55.2 Å². The highest BCUT2D eigenvalue weighted by Crippen LogP contribution is 2.39. The van der Waals surface area contributed by atoms with E-state index in [0.29, 0.717) is 16.3 Å². The second kappa shape index (κ2) is 9.09. The molecular weight excluding hydrogens is 449 g/mol. The molecule has 3 unspecified atom stereocenters. The molecule has 2 heterocycles. The van der Waals surface area contributed by atoms with E-state index in [1.54, 1.807) is 26.0 Å². The van der Waals surface area contributed by atoms with Crippen molar-refractivity contribution in [2.24, 2.45) is 16.8 Å². The van der Waals surface area contributed by atoms with E-state index < -0.39 is 52.2 Å². The van der Waals surface area contributed by atoms with Crippen molar-refractivity contribution < 1.29 is 22.4 Å². The summed E-state index contributed by atoms with van der Waals surface area (Å²) in [6.07, 6.45) is 0.485. The fraction of sp³-hybridized carbons (Fsp3) is 0.545. The highest BCUT2D eigenvalue weighted by Gasteiger charge is 2.51. The van der Waals surface area contributed by atoms with E-state index >= 15 is 4.39 Å². The van der Waals surface area contributed by atoms with Crippen LogP contribution in [0.5, 0.6) is 0 Å². The minimum Gasteiger partial charge on any atom is -0.350 e. The molecule has 9 nitrogen and oxygen atoms in total. The average Bonchev–Trinajstić information content (AvgIpc) is 2.75. The summed E-state index contributed by atoms with van der Waals surface area (Å²) in [5.74, 6) is -1.67. The average molecular weight is 478 g/mol. The SMILES string of the molecule is CC[C@@H](C)C1([C@@H](C)NC(=O)CN2C(=O)Nc3cccc(C)c3S2(=O)=O)N=CC(C#N)CC1F. The Morgan fingerprint density at radius 3 is 2.76 bits per heavy atom. The van der Waals surface area contributed by atoms with Gasteiger partial charge < -0.3 is 10.6 Å². The Labute approximate surface area is 193 Å². The lowest BCUT2D eigenvalue weighted by Crippen LogP contribution is -2.61. The van der Waals surface area contributed by atoms with Crippen LogP contribution in [0.25, 0.3) is 0 Å². The van der Waals surface area contributed by atoms with Crippen LogP contribution in [-0.2, 0) is 14.8 Å². The third-order valence-electron chi connectivity index (χ3n) is 6.59. The molecule has 0 radical (unpaired) electrons. The van der Waals surface area contributed by atoms with Gasteiger partial charge in [0.15, 0.2) is 0 Å². The van der Waals surface area contributed by atoms with Gasteiger partial charge in [-0.25, -0.2) is 21.9 Å². The molecule has 5 atom stereocenters. The standard InChI is InChI=1S/C22H28FN5O4S/c1-5-14(3)22(18(23)9-16(10-24)11-25-22)15(4)26-19(29)12-28-21(30)27-17-8-6-7-13(2)20(17)33(28,31)32/h6-8,11,14-16,18H,5,9,12H2,1-4H3,(H,26,29)(H,27,30)/t14-,15-,16?,18?,22?/m1/s1. The first-order chi connectivity index (χ1) is 15.5. The highest BCUT2D eigenvalue weighted by molar-refractivity contribution is 7.90. The quantitative estimate of drug-likeness (QED) is 0.650. The van der Waals surface area contributed by atoms with E-state index in [9.17, 15) is 18.0 Å². The van der Waals surface area contributed by atoms with Gasteiger partial charge in [-0.15, -0.1) is 0 Å². The maximum Gasteiger partial charge on any atom is 0.336 e. The molecule has 33 heavy (non-hydrogen) atoms. The monoisotopic (exact) mass is 477 g/mol. The number of anilines is 1. The number of aliphatic imine (C=N–C) groups is 1. The van der Waals surface area contributed by atoms with Gasteiger partial charge in [-0.05, 0) is 31.4 Å². The number of carbonyl (C=O) groups is 2. The summed E-state index contributed by atoms with van der Waals surface area (Å²) in [7, 11) is -4.26. The lowest BCUT2D eigenvalue weighted by Gasteiger charge is -2.45. The topological polar surface area (TPSA) is 132 Å². The maximum absolute atomic E-state index is 15.3. The minimum absolute atomic E-state index is 0.0382. The van der Waals surface area contributed by atoms with Crippen molar-refractivity contribution >= 4 is 33.9 Å². The minimum atomic E-state index is -4.26. The first-order valence-electron chi connectivity index (χ1n) is 10.8. The molecule has 1 aromatic rings. The van der Waals surface area contributed by atoms with Gasteiger partial charge in [0, 0.05) is 12.6 Å². The number of urea groups is 1. The molecule has 3 amide bonds. The number of sulfonamides is 1. The van der Waals surface area contributed by atoms with E-state index in [1.807, 2.05) is 19.9 Å². The molecule has 2 aliphatic heterocycles. The summed E-state index contributed by atoms with van der Waals surface area (Å²) < 4.78 is 42.0. The van der Waals surface area contributed by atoms with Crippen LogP contribution in [0.2, 0.25) is 0 Å². The van der Waals surface area contributed by atoms with Gasteiger partial charge >= 0.3 is 6.03 Å². The van der Waals surface area contributed by atoms with Gasteiger partial charge in [-0.1, -0.05) is 32.4 Å². The lowest BCUT2D eigenvalue weighted by molar-refractivity contribution is -0.122. The Morgan fingerprint density at radius 2 is 2.15 bits per heavy atom. The lowest BCUT2D eigenvalue weighted by atomic mass is 9.71. The zero-order valence-electron chi connectivity index (χ0n) is 19.0. The van der Waals surface area contributed by atoms with E-state index in [4.69, 9.17) is 5.26 Å². The Hall–Kier alpha value is -3.00. The number of rotatable bonds is 6. The van der Waals surface area contributed by atoms with Gasteiger partial charge in [0.05, 0.1) is 23.7 Å². The van der Waals surface area contributed by atoms with Crippen LogP contribution in [0.4, 0.5) is 14.9 Å². The first-order valence-corrected chi connectivity index (χ1v) is 12.2. The predicted molar refractivity (Wildman–Crippen MR) is 121 cm³/mol. The van der Waals surface area contributed by atoms with E-state index in [-0.39, 0.29) is 22.9 Å². The van der Waals surface area contributed by atoms with Gasteiger partial charge in [0.1, 0.15) is 23.2 Å². The molecule has 0 spiro atoms. The maximum atomic E-state index is 15.3. The van der Waals surface area contributed by atoms with Crippen molar-refractivity contribution in [2.75, 3.05) is 11.9 Å². The number of nitriles is 1. The number of alkyl halides is 1. The zero-order chi connectivity index (χ0) is 24.6. The second-order valence-electron chi connectivity index (χ2n) is 8.60. The van der Waals surface area contributed by atoms with Gasteiger partial charge in [0.2, 0.25) is 5.91 Å². The molecule has 1 aromatic carbocycles. The van der Waals surface area contributed by atoms with Gasteiger partial charge in [-0.2, -0.15) is 5.26 Å². The summed E-state index contributed by atoms with van der Waals surface area (Å²) in [5, 5.41) is 14.3. The number of nitrogens with one attached hydrogen (secondary N) is 2. The van der Waals surface area contributed by atoms with Crippen LogP contribution in [0.15, 0.2) is 28.1 Å². The number of benzene rings is 1. The third-order valence-corrected chi connectivity index (χ3v) is 8.53. The van der Waals surface area contributed by atoms with E-state index in [1.165, 1.54) is 12.3 Å². The smallest absolute Gasteiger partial charge is 0.336 e. The van der Waals surface area contributed by atoms with Crippen LogP contribution >= 0.6 is 0 Å². The molecule has 2 aliphatic rings. The molecule has 0 saturated heterocycles. The van der Waals surface area contributed by atoms with Crippen molar-refractivity contribution in [1.82, 2.24) is 9.62 Å². The Morgan fingerprint density at radius 1 is 1.45 bits per heavy atom. The molecule has 0 fully saturated rings. The summed E-state index contributed by atoms with van der Waals surface area (Å²) in [6, 6.07) is 4.94. The molecule has 178 valence electrons. The Kier molecular flexibility index (Phi) is 6.79. The molecule has 2 N–H and O–H groups in total.